The third-order valence-corrected chi connectivity index (χ3v) is 3.69. The quantitative estimate of drug-likeness (QED) is 0.571. The summed E-state index contributed by atoms with van der Waals surface area (Å²) in [5.74, 6) is 0. The summed E-state index contributed by atoms with van der Waals surface area (Å²) < 4.78 is 5.01. The summed E-state index contributed by atoms with van der Waals surface area (Å²) in [7, 11) is 1.72. The molecule has 1 heterocycles. The Kier molecular flexibility index (Phi) is 5.82. The van der Waals surface area contributed by atoms with Crippen LogP contribution < -0.4 is 5.32 Å². The number of hydrogen-bond donors (Lipinski definition) is 1. The molecule has 0 spiro atoms. The van der Waals surface area contributed by atoms with Gasteiger partial charge < -0.3 is 10.1 Å². The second kappa shape index (κ2) is 6.89. The average molecular weight is 254 g/mol. The van der Waals surface area contributed by atoms with E-state index in [1.807, 2.05) is 13.0 Å². The maximum absolute atomic E-state index is 5.01. The van der Waals surface area contributed by atoms with Gasteiger partial charge in [0, 0.05) is 43.1 Å². The number of nitrogens with zero attached hydrogens (tertiary/aromatic N) is 1. The molecule has 4 heteroatoms. The van der Waals surface area contributed by atoms with Gasteiger partial charge in [0.2, 0.25) is 0 Å². The standard InChI is InChI=1S/C13H22N2OS/c1-5-13(3,10-14-6-7-16-4)8-12-15-11(2)9-17-12/h5,9,14H,1,6-8,10H2,2-4H3. The minimum absolute atomic E-state index is 0.0536. The minimum Gasteiger partial charge on any atom is -0.383 e. The summed E-state index contributed by atoms with van der Waals surface area (Å²) in [4.78, 5) is 4.51. The Morgan fingerprint density at radius 1 is 1.65 bits per heavy atom. The van der Waals surface area contributed by atoms with Gasteiger partial charge in [0.05, 0.1) is 11.6 Å². The molecule has 0 saturated carbocycles. The number of methoxy groups -OCH3 is 1. The van der Waals surface area contributed by atoms with Crippen molar-refractivity contribution < 1.29 is 4.74 Å². The molecule has 1 rings (SSSR count). The number of aromatic nitrogens is 1. The van der Waals surface area contributed by atoms with Crippen molar-refractivity contribution in [3.8, 4) is 0 Å². The fourth-order valence-electron chi connectivity index (χ4n) is 1.58. The predicted molar refractivity (Wildman–Crippen MR) is 73.6 cm³/mol. The van der Waals surface area contributed by atoms with Crippen molar-refractivity contribution in [2.45, 2.75) is 20.3 Å². The molecule has 96 valence electrons. The van der Waals surface area contributed by atoms with Crippen molar-refractivity contribution in [2.75, 3.05) is 26.8 Å². The lowest BCUT2D eigenvalue weighted by molar-refractivity contribution is 0.195. The van der Waals surface area contributed by atoms with Crippen LogP contribution >= 0.6 is 11.3 Å². The largest absolute Gasteiger partial charge is 0.383 e. The molecule has 0 amide bonds. The van der Waals surface area contributed by atoms with Crippen molar-refractivity contribution in [3.05, 3.63) is 28.7 Å². The van der Waals surface area contributed by atoms with Crippen LogP contribution in [-0.2, 0) is 11.2 Å². The lowest BCUT2D eigenvalue weighted by Crippen LogP contribution is -2.33. The van der Waals surface area contributed by atoms with Crippen molar-refractivity contribution >= 4 is 11.3 Å². The van der Waals surface area contributed by atoms with E-state index in [1.54, 1.807) is 18.4 Å². The van der Waals surface area contributed by atoms with E-state index in [1.165, 1.54) is 5.01 Å². The Hall–Kier alpha value is -0.710. The Morgan fingerprint density at radius 3 is 2.94 bits per heavy atom. The zero-order valence-electron chi connectivity index (χ0n) is 11.0. The molecule has 1 unspecified atom stereocenters. The summed E-state index contributed by atoms with van der Waals surface area (Å²) >= 11 is 1.72. The number of hydrogen-bond acceptors (Lipinski definition) is 4. The molecule has 0 radical (unpaired) electrons. The van der Waals surface area contributed by atoms with Crippen LogP contribution in [0.15, 0.2) is 18.0 Å². The summed E-state index contributed by atoms with van der Waals surface area (Å²) in [6.07, 6.45) is 2.96. The topological polar surface area (TPSA) is 34.1 Å². The molecule has 1 N–H and O–H groups in total. The molecule has 0 saturated heterocycles. The van der Waals surface area contributed by atoms with E-state index in [-0.39, 0.29) is 5.41 Å². The fraction of sp³-hybridized carbons (Fsp3) is 0.615. The van der Waals surface area contributed by atoms with Crippen LogP contribution in [0.4, 0.5) is 0 Å². The highest BCUT2D eigenvalue weighted by molar-refractivity contribution is 7.09. The zero-order chi connectivity index (χ0) is 12.7. The van der Waals surface area contributed by atoms with Crippen LogP contribution in [-0.4, -0.2) is 31.8 Å². The summed E-state index contributed by atoms with van der Waals surface area (Å²) in [6.45, 7) is 10.7. The van der Waals surface area contributed by atoms with Gasteiger partial charge in [-0.15, -0.1) is 17.9 Å². The lowest BCUT2D eigenvalue weighted by atomic mass is 9.87. The monoisotopic (exact) mass is 254 g/mol. The first-order valence-electron chi connectivity index (χ1n) is 5.84. The minimum atomic E-state index is 0.0536. The van der Waals surface area contributed by atoms with Gasteiger partial charge in [-0.3, -0.25) is 0 Å². The number of thiazole rings is 1. The van der Waals surface area contributed by atoms with E-state index in [0.29, 0.717) is 0 Å². The van der Waals surface area contributed by atoms with E-state index >= 15 is 0 Å². The van der Waals surface area contributed by atoms with Crippen molar-refractivity contribution in [1.82, 2.24) is 10.3 Å². The summed E-state index contributed by atoms with van der Waals surface area (Å²) in [6, 6.07) is 0. The molecule has 1 aromatic rings. The van der Waals surface area contributed by atoms with Crippen LogP contribution in [0.1, 0.15) is 17.6 Å². The predicted octanol–water partition coefficient (Wildman–Crippen LogP) is 2.42. The second-order valence-electron chi connectivity index (χ2n) is 4.59. The fourth-order valence-corrected chi connectivity index (χ4v) is 2.55. The van der Waals surface area contributed by atoms with Crippen molar-refractivity contribution in [1.29, 1.82) is 0 Å². The highest BCUT2D eigenvalue weighted by Crippen LogP contribution is 2.24. The van der Waals surface area contributed by atoms with Gasteiger partial charge >= 0.3 is 0 Å². The molecule has 1 atom stereocenters. The van der Waals surface area contributed by atoms with Gasteiger partial charge in [0.15, 0.2) is 0 Å². The SMILES string of the molecule is C=CC(C)(CNCCOC)Cc1nc(C)cs1. The maximum Gasteiger partial charge on any atom is 0.0937 e. The van der Waals surface area contributed by atoms with Gasteiger partial charge in [-0.25, -0.2) is 4.98 Å². The van der Waals surface area contributed by atoms with Crippen LogP contribution in [0.2, 0.25) is 0 Å². The van der Waals surface area contributed by atoms with Gasteiger partial charge in [0.25, 0.3) is 0 Å². The normalized spacial score (nSPS) is 14.5. The molecule has 0 aromatic carbocycles. The van der Waals surface area contributed by atoms with Crippen LogP contribution in [0.25, 0.3) is 0 Å². The van der Waals surface area contributed by atoms with Crippen molar-refractivity contribution in [2.24, 2.45) is 5.41 Å². The number of nitrogens with one attached hydrogen (secondary N) is 1. The van der Waals surface area contributed by atoms with Gasteiger partial charge in [-0.2, -0.15) is 0 Å². The van der Waals surface area contributed by atoms with Gasteiger partial charge in [-0.05, 0) is 6.92 Å². The summed E-state index contributed by atoms with van der Waals surface area (Å²) in [5, 5.41) is 6.66. The first-order valence-corrected chi connectivity index (χ1v) is 6.72. The Morgan fingerprint density at radius 2 is 2.41 bits per heavy atom. The molecule has 1 aromatic heterocycles. The molecule has 0 aliphatic heterocycles. The molecule has 0 fully saturated rings. The van der Waals surface area contributed by atoms with Crippen LogP contribution in [0.3, 0.4) is 0 Å². The molecular weight excluding hydrogens is 232 g/mol. The highest BCUT2D eigenvalue weighted by Gasteiger charge is 2.21. The van der Waals surface area contributed by atoms with E-state index in [2.05, 4.69) is 29.2 Å². The molecule has 3 nitrogen and oxygen atoms in total. The Balaban J connectivity index is 2.47. The molecule has 0 bridgehead atoms. The number of aryl methyl sites for hydroxylation is 1. The average Bonchev–Trinajstić information content (AvgIpc) is 2.70. The molecule has 0 aliphatic carbocycles. The molecule has 17 heavy (non-hydrogen) atoms. The Labute approximate surface area is 108 Å². The Bertz CT molecular complexity index is 351. The van der Waals surface area contributed by atoms with Gasteiger partial charge in [0.1, 0.15) is 0 Å². The van der Waals surface area contributed by atoms with Crippen LogP contribution in [0, 0.1) is 12.3 Å². The van der Waals surface area contributed by atoms with E-state index < -0.39 is 0 Å². The van der Waals surface area contributed by atoms with E-state index in [4.69, 9.17) is 4.74 Å². The lowest BCUT2D eigenvalue weighted by Gasteiger charge is -2.25. The van der Waals surface area contributed by atoms with Gasteiger partial charge in [-0.1, -0.05) is 13.0 Å². The van der Waals surface area contributed by atoms with Crippen LogP contribution in [0.5, 0.6) is 0 Å². The van der Waals surface area contributed by atoms with E-state index in [9.17, 15) is 0 Å². The van der Waals surface area contributed by atoms with E-state index in [0.717, 1.165) is 31.8 Å². The second-order valence-corrected chi connectivity index (χ2v) is 5.53. The first kappa shape index (κ1) is 14.4. The number of rotatable bonds is 8. The number of ether oxygens (including phenoxy) is 1. The third kappa shape index (κ3) is 4.98. The maximum atomic E-state index is 5.01. The highest BCUT2D eigenvalue weighted by atomic mass is 32.1. The molecule has 0 aliphatic rings. The van der Waals surface area contributed by atoms with Crippen molar-refractivity contribution in [3.63, 3.8) is 0 Å². The molecular formula is C13H22N2OS. The third-order valence-electron chi connectivity index (χ3n) is 2.73. The smallest absolute Gasteiger partial charge is 0.0937 e. The first-order chi connectivity index (χ1) is 8.09. The summed E-state index contributed by atoms with van der Waals surface area (Å²) in [5.41, 5.74) is 1.15. The zero-order valence-corrected chi connectivity index (χ0v) is 11.8.